The minimum Gasteiger partial charge on any atom is -0.277 e. The van der Waals surface area contributed by atoms with Gasteiger partial charge in [0, 0.05) is 4.47 Å². The number of hydrogen-bond acceptors (Lipinski definition) is 2. The van der Waals surface area contributed by atoms with E-state index in [-0.39, 0.29) is 15.6 Å². The van der Waals surface area contributed by atoms with Gasteiger partial charge in [0.25, 0.3) is 10.0 Å². The van der Waals surface area contributed by atoms with Crippen LogP contribution in [-0.2, 0) is 10.0 Å². The van der Waals surface area contributed by atoms with E-state index in [2.05, 4.69) is 20.7 Å². The highest BCUT2D eigenvalue weighted by molar-refractivity contribution is 9.10. The van der Waals surface area contributed by atoms with Crippen LogP contribution < -0.4 is 4.72 Å². The van der Waals surface area contributed by atoms with E-state index >= 15 is 0 Å². The van der Waals surface area contributed by atoms with Crippen LogP contribution in [0.4, 0.5) is 10.1 Å². The quantitative estimate of drug-likeness (QED) is 0.863. The SMILES string of the molecule is Cc1cc(NS(=O)(=O)c2ccccc2Cl)c(F)cc1Br. The monoisotopic (exact) mass is 377 g/mol. The molecular formula is C13H10BrClFNO2S. The van der Waals surface area contributed by atoms with Gasteiger partial charge in [0.15, 0.2) is 0 Å². The van der Waals surface area contributed by atoms with Crippen LogP contribution in [0.5, 0.6) is 0 Å². The zero-order valence-corrected chi connectivity index (χ0v) is 13.5. The largest absolute Gasteiger partial charge is 0.277 e. The van der Waals surface area contributed by atoms with Gasteiger partial charge in [-0.15, -0.1) is 0 Å². The van der Waals surface area contributed by atoms with E-state index in [0.717, 1.165) is 0 Å². The number of halogens is 3. The first-order valence-corrected chi connectivity index (χ1v) is 8.19. The Balaban J connectivity index is 2.44. The summed E-state index contributed by atoms with van der Waals surface area (Å²) in [5, 5.41) is 0.0780. The molecule has 0 aromatic heterocycles. The van der Waals surface area contributed by atoms with Crippen LogP contribution >= 0.6 is 27.5 Å². The molecule has 0 aliphatic carbocycles. The van der Waals surface area contributed by atoms with Gasteiger partial charge >= 0.3 is 0 Å². The predicted molar refractivity (Wildman–Crippen MR) is 81.1 cm³/mol. The summed E-state index contributed by atoms with van der Waals surface area (Å²) in [6, 6.07) is 8.59. The molecule has 0 fully saturated rings. The lowest BCUT2D eigenvalue weighted by Crippen LogP contribution is -2.14. The van der Waals surface area contributed by atoms with Crippen LogP contribution in [0, 0.1) is 12.7 Å². The van der Waals surface area contributed by atoms with Gasteiger partial charge in [-0.1, -0.05) is 39.7 Å². The molecule has 0 spiro atoms. The molecule has 106 valence electrons. The third kappa shape index (κ3) is 3.13. The Morgan fingerprint density at radius 1 is 1.25 bits per heavy atom. The van der Waals surface area contributed by atoms with Gasteiger partial charge in [-0.25, -0.2) is 12.8 Å². The molecule has 20 heavy (non-hydrogen) atoms. The van der Waals surface area contributed by atoms with Crippen LogP contribution in [0.25, 0.3) is 0 Å². The van der Waals surface area contributed by atoms with Crippen LogP contribution in [0.3, 0.4) is 0 Å². The van der Waals surface area contributed by atoms with E-state index in [0.29, 0.717) is 10.0 Å². The number of nitrogens with one attached hydrogen (secondary N) is 1. The molecule has 0 bridgehead atoms. The Kier molecular flexibility index (Phi) is 4.36. The molecule has 3 nitrogen and oxygen atoms in total. The van der Waals surface area contributed by atoms with E-state index in [1.54, 1.807) is 19.1 Å². The van der Waals surface area contributed by atoms with Gasteiger partial charge in [0.2, 0.25) is 0 Å². The first-order valence-electron chi connectivity index (χ1n) is 5.54. The molecule has 0 unspecified atom stereocenters. The summed E-state index contributed by atoms with van der Waals surface area (Å²) in [5.41, 5.74) is 0.592. The highest BCUT2D eigenvalue weighted by Gasteiger charge is 2.19. The van der Waals surface area contributed by atoms with Gasteiger partial charge in [-0.3, -0.25) is 4.72 Å². The van der Waals surface area contributed by atoms with Crippen LogP contribution in [0.1, 0.15) is 5.56 Å². The van der Waals surface area contributed by atoms with Crippen molar-refractivity contribution >= 4 is 43.2 Å². The topological polar surface area (TPSA) is 46.2 Å². The Morgan fingerprint density at radius 3 is 2.55 bits per heavy atom. The Labute approximate surface area is 130 Å². The van der Waals surface area contributed by atoms with Crippen LogP contribution in [-0.4, -0.2) is 8.42 Å². The third-order valence-corrected chi connectivity index (χ3v) is 5.34. The molecule has 0 aliphatic rings. The standard InChI is InChI=1S/C13H10BrClFNO2S/c1-8-6-12(11(16)7-9(8)14)17-20(18,19)13-5-3-2-4-10(13)15/h2-7,17H,1H3. The van der Waals surface area contributed by atoms with Crippen molar-refractivity contribution in [1.29, 1.82) is 0 Å². The number of rotatable bonds is 3. The lowest BCUT2D eigenvalue weighted by atomic mass is 10.2. The summed E-state index contributed by atoms with van der Waals surface area (Å²) >= 11 is 9.03. The summed E-state index contributed by atoms with van der Waals surface area (Å²) in [6.45, 7) is 1.73. The smallest absolute Gasteiger partial charge is 0.263 e. The highest BCUT2D eigenvalue weighted by Crippen LogP contribution is 2.27. The maximum atomic E-state index is 13.8. The van der Waals surface area contributed by atoms with Crippen molar-refractivity contribution in [2.75, 3.05) is 4.72 Å². The van der Waals surface area contributed by atoms with Gasteiger partial charge < -0.3 is 0 Å². The molecule has 0 saturated heterocycles. The Hall–Kier alpha value is -1.11. The Morgan fingerprint density at radius 2 is 1.90 bits per heavy atom. The molecule has 2 aromatic rings. The molecule has 0 radical (unpaired) electrons. The van der Waals surface area contributed by atoms with E-state index in [4.69, 9.17) is 11.6 Å². The molecule has 2 rings (SSSR count). The zero-order valence-electron chi connectivity index (χ0n) is 10.3. The van der Waals surface area contributed by atoms with E-state index in [1.807, 2.05) is 0 Å². The second kappa shape index (κ2) is 5.71. The van der Waals surface area contributed by atoms with Gasteiger partial charge in [0.05, 0.1) is 10.7 Å². The Bertz CT molecular complexity index is 765. The molecule has 0 amide bonds. The van der Waals surface area contributed by atoms with Crippen molar-refractivity contribution in [2.24, 2.45) is 0 Å². The average molecular weight is 379 g/mol. The first-order chi connectivity index (χ1) is 9.31. The van der Waals surface area contributed by atoms with Crippen LogP contribution in [0.2, 0.25) is 5.02 Å². The molecule has 0 heterocycles. The maximum Gasteiger partial charge on any atom is 0.263 e. The van der Waals surface area contributed by atoms with Gasteiger partial charge in [0.1, 0.15) is 10.7 Å². The minimum absolute atomic E-state index is 0.0780. The average Bonchev–Trinajstić information content (AvgIpc) is 2.36. The molecule has 7 heteroatoms. The van der Waals surface area contributed by atoms with Crippen molar-refractivity contribution in [3.63, 3.8) is 0 Å². The molecular weight excluding hydrogens is 369 g/mol. The molecule has 2 aromatic carbocycles. The maximum absolute atomic E-state index is 13.8. The van der Waals surface area contributed by atoms with E-state index < -0.39 is 15.8 Å². The van der Waals surface area contributed by atoms with Crippen molar-refractivity contribution in [1.82, 2.24) is 0 Å². The number of aryl methyl sites for hydroxylation is 1. The van der Waals surface area contributed by atoms with Gasteiger partial charge in [-0.05, 0) is 36.8 Å². The number of benzene rings is 2. The number of hydrogen-bond donors (Lipinski definition) is 1. The molecule has 1 N–H and O–H groups in total. The molecule has 0 aliphatic heterocycles. The third-order valence-electron chi connectivity index (χ3n) is 2.62. The van der Waals surface area contributed by atoms with E-state index in [1.165, 1.54) is 24.3 Å². The normalized spacial score (nSPS) is 11.4. The fraction of sp³-hybridized carbons (Fsp3) is 0.0769. The van der Waals surface area contributed by atoms with Crippen molar-refractivity contribution in [3.05, 3.63) is 57.3 Å². The highest BCUT2D eigenvalue weighted by atomic mass is 79.9. The summed E-state index contributed by atoms with van der Waals surface area (Å²) in [7, 11) is -3.93. The fourth-order valence-corrected chi connectivity index (χ4v) is 3.49. The minimum atomic E-state index is -3.93. The summed E-state index contributed by atoms with van der Waals surface area (Å²) in [4.78, 5) is -0.0957. The number of sulfonamides is 1. The molecule has 0 saturated carbocycles. The van der Waals surface area contributed by atoms with Crippen molar-refractivity contribution in [3.8, 4) is 0 Å². The second-order valence-corrected chi connectivity index (χ2v) is 7.03. The molecule has 0 atom stereocenters. The van der Waals surface area contributed by atoms with E-state index in [9.17, 15) is 12.8 Å². The van der Waals surface area contributed by atoms with Crippen molar-refractivity contribution in [2.45, 2.75) is 11.8 Å². The summed E-state index contributed by atoms with van der Waals surface area (Å²) in [5.74, 6) is -0.668. The van der Waals surface area contributed by atoms with Crippen LogP contribution in [0.15, 0.2) is 45.8 Å². The zero-order chi connectivity index (χ0) is 14.9. The summed E-state index contributed by atoms with van der Waals surface area (Å²) in [6.07, 6.45) is 0. The lowest BCUT2D eigenvalue weighted by molar-refractivity contribution is 0.598. The first kappa shape index (κ1) is 15.3. The van der Waals surface area contributed by atoms with Crippen molar-refractivity contribution < 1.29 is 12.8 Å². The summed E-state index contributed by atoms with van der Waals surface area (Å²) < 4.78 is 41.0. The lowest BCUT2D eigenvalue weighted by Gasteiger charge is -2.11. The second-order valence-electron chi connectivity index (χ2n) is 4.12. The van der Waals surface area contributed by atoms with Gasteiger partial charge in [-0.2, -0.15) is 0 Å². The fourth-order valence-electron chi connectivity index (χ4n) is 1.60. The predicted octanol–water partition coefficient (Wildman–Crippen LogP) is 4.35. The number of anilines is 1.